The SMILES string of the molecule is COC(=O)c1c(NC(=O)c2cc3cccc(OC)c3o2)sc2c1CCCC2. The lowest BCUT2D eigenvalue weighted by Gasteiger charge is -2.11. The number of ether oxygens (including phenoxy) is 2. The number of para-hydroxylation sites is 1. The Hall–Kier alpha value is -2.80. The molecule has 0 saturated carbocycles. The van der Waals surface area contributed by atoms with Crippen molar-refractivity contribution in [1.82, 2.24) is 0 Å². The van der Waals surface area contributed by atoms with E-state index in [1.165, 1.54) is 18.4 Å². The molecule has 1 aliphatic carbocycles. The molecule has 1 amide bonds. The van der Waals surface area contributed by atoms with Crippen molar-refractivity contribution < 1.29 is 23.5 Å². The monoisotopic (exact) mass is 385 g/mol. The van der Waals surface area contributed by atoms with Crippen LogP contribution in [0.5, 0.6) is 5.75 Å². The van der Waals surface area contributed by atoms with Gasteiger partial charge in [0.05, 0.1) is 19.8 Å². The van der Waals surface area contributed by atoms with Crippen LogP contribution in [0.25, 0.3) is 11.0 Å². The van der Waals surface area contributed by atoms with E-state index in [-0.39, 0.29) is 5.76 Å². The van der Waals surface area contributed by atoms with Gasteiger partial charge in [-0.15, -0.1) is 11.3 Å². The first-order valence-electron chi connectivity index (χ1n) is 8.73. The molecule has 0 spiro atoms. The second kappa shape index (κ2) is 7.08. The van der Waals surface area contributed by atoms with Crippen LogP contribution < -0.4 is 10.1 Å². The van der Waals surface area contributed by atoms with Crippen molar-refractivity contribution in [3.63, 3.8) is 0 Å². The molecule has 0 radical (unpaired) electrons. The molecule has 0 bridgehead atoms. The Labute approximate surface area is 160 Å². The summed E-state index contributed by atoms with van der Waals surface area (Å²) in [6, 6.07) is 7.12. The van der Waals surface area contributed by atoms with Gasteiger partial charge in [-0.25, -0.2) is 4.79 Å². The topological polar surface area (TPSA) is 77.8 Å². The number of methoxy groups -OCH3 is 2. The lowest BCUT2D eigenvalue weighted by molar-refractivity contribution is 0.0601. The van der Waals surface area contributed by atoms with E-state index in [1.807, 2.05) is 12.1 Å². The van der Waals surface area contributed by atoms with Gasteiger partial charge in [-0.05, 0) is 43.4 Å². The van der Waals surface area contributed by atoms with Crippen LogP contribution in [0.4, 0.5) is 5.00 Å². The summed E-state index contributed by atoms with van der Waals surface area (Å²) in [6.07, 6.45) is 3.87. The predicted molar refractivity (Wildman–Crippen MR) is 103 cm³/mol. The first-order chi connectivity index (χ1) is 13.1. The van der Waals surface area contributed by atoms with E-state index in [1.54, 1.807) is 19.2 Å². The van der Waals surface area contributed by atoms with E-state index < -0.39 is 11.9 Å². The molecule has 1 N–H and O–H groups in total. The maximum atomic E-state index is 12.8. The Morgan fingerprint density at radius 3 is 2.78 bits per heavy atom. The fourth-order valence-corrected chi connectivity index (χ4v) is 4.72. The number of thiophene rings is 1. The van der Waals surface area contributed by atoms with Crippen molar-refractivity contribution in [2.24, 2.45) is 0 Å². The second-order valence-electron chi connectivity index (χ2n) is 6.35. The number of furan rings is 1. The van der Waals surface area contributed by atoms with Gasteiger partial charge < -0.3 is 19.2 Å². The molecule has 140 valence electrons. The Morgan fingerprint density at radius 1 is 1.19 bits per heavy atom. The summed E-state index contributed by atoms with van der Waals surface area (Å²) in [7, 11) is 2.90. The fraction of sp³-hybridized carbons (Fsp3) is 0.300. The highest BCUT2D eigenvalue weighted by atomic mass is 32.1. The molecule has 0 aliphatic heterocycles. The van der Waals surface area contributed by atoms with Crippen LogP contribution in [-0.2, 0) is 17.6 Å². The number of hydrogen-bond acceptors (Lipinski definition) is 6. The van der Waals surface area contributed by atoms with Crippen molar-refractivity contribution in [1.29, 1.82) is 0 Å². The molecule has 0 atom stereocenters. The first-order valence-corrected chi connectivity index (χ1v) is 9.54. The molecule has 0 saturated heterocycles. The molecule has 1 aromatic carbocycles. The maximum absolute atomic E-state index is 12.8. The minimum atomic E-state index is -0.420. The van der Waals surface area contributed by atoms with E-state index in [9.17, 15) is 9.59 Å². The van der Waals surface area contributed by atoms with Crippen molar-refractivity contribution in [2.45, 2.75) is 25.7 Å². The molecule has 2 heterocycles. The number of carbonyl (C=O) groups is 2. The average molecular weight is 385 g/mol. The van der Waals surface area contributed by atoms with Crippen molar-refractivity contribution >= 4 is 39.2 Å². The third-order valence-electron chi connectivity index (χ3n) is 4.74. The molecular weight excluding hydrogens is 366 g/mol. The molecule has 4 rings (SSSR count). The number of rotatable bonds is 4. The van der Waals surface area contributed by atoms with Gasteiger partial charge in [0.25, 0.3) is 5.91 Å². The quantitative estimate of drug-likeness (QED) is 0.673. The van der Waals surface area contributed by atoms with Crippen LogP contribution >= 0.6 is 11.3 Å². The summed E-state index contributed by atoms with van der Waals surface area (Å²) in [5, 5.41) is 4.14. The first kappa shape index (κ1) is 17.6. The molecule has 27 heavy (non-hydrogen) atoms. The number of hydrogen-bond donors (Lipinski definition) is 1. The number of nitrogens with one attached hydrogen (secondary N) is 1. The largest absolute Gasteiger partial charge is 0.493 e. The van der Waals surface area contributed by atoms with Gasteiger partial charge in [-0.2, -0.15) is 0 Å². The summed E-state index contributed by atoms with van der Waals surface area (Å²) in [5.41, 5.74) is 1.99. The minimum Gasteiger partial charge on any atom is -0.493 e. The fourth-order valence-electron chi connectivity index (χ4n) is 3.45. The second-order valence-corrected chi connectivity index (χ2v) is 7.46. The van der Waals surface area contributed by atoms with Crippen LogP contribution in [0, 0.1) is 0 Å². The van der Waals surface area contributed by atoms with Gasteiger partial charge in [-0.3, -0.25) is 4.79 Å². The Bertz CT molecular complexity index is 1030. The highest BCUT2D eigenvalue weighted by molar-refractivity contribution is 7.17. The zero-order valence-corrected chi connectivity index (χ0v) is 15.9. The van der Waals surface area contributed by atoms with Crippen LogP contribution in [0.1, 0.15) is 44.2 Å². The van der Waals surface area contributed by atoms with E-state index in [0.717, 1.165) is 41.5 Å². The summed E-state index contributed by atoms with van der Waals surface area (Å²) in [5.74, 6) is -0.0990. The number of benzene rings is 1. The Morgan fingerprint density at radius 2 is 2.00 bits per heavy atom. The third kappa shape index (κ3) is 3.08. The zero-order valence-electron chi connectivity index (χ0n) is 15.1. The lowest BCUT2D eigenvalue weighted by atomic mass is 9.95. The number of carbonyl (C=O) groups excluding carboxylic acids is 2. The van der Waals surface area contributed by atoms with Crippen molar-refractivity contribution in [2.75, 3.05) is 19.5 Å². The Kier molecular flexibility index (Phi) is 4.61. The molecule has 7 heteroatoms. The summed E-state index contributed by atoms with van der Waals surface area (Å²) >= 11 is 1.44. The number of anilines is 1. The molecule has 2 aromatic heterocycles. The number of fused-ring (bicyclic) bond motifs is 2. The lowest BCUT2D eigenvalue weighted by Crippen LogP contribution is -2.14. The highest BCUT2D eigenvalue weighted by Gasteiger charge is 2.27. The molecule has 0 unspecified atom stereocenters. The minimum absolute atomic E-state index is 0.164. The van der Waals surface area contributed by atoms with E-state index in [0.29, 0.717) is 21.9 Å². The Balaban J connectivity index is 1.69. The summed E-state index contributed by atoms with van der Waals surface area (Å²) in [4.78, 5) is 26.2. The third-order valence-corrected chi connectivity index (χ3v) is 5.95. The van der Waals surface area contributed by atoms with Gasteiger partial charge in [0.1, 0.15) is 5.00 Å². The number of esters is 1. The molecular formula is C20H19NO5S. The predicted octanol–water partition coefficient (Wildman–Crippen LogP) is 4.42. The van der Waals surface area contributed by atoms with Crippen molar-refractivity contribution in [3.8, 4) is 5.75 Å². The molecule has 6 nitrogen and oxygen atoms in total. The molecule has 1 aliphatic rings. The van der Waals surface area contributed by atoms with Crippen LogP contribution in [-0.4, -0.2) is 26.1 Å². The standard InChI is InChI=1S/C20H19NO5S/c1-24-13-8-5-6-11-10-14(26-17(11)13)18(22)21-19-16(20(23)25-2)12-7-3-4-9-15(12)27-19/h5-6,8,10H,3-4,7,9H2,1-2H3,(H,21,22). The van der Waals surface area contributed by atoms with Gasteiger partial charge in [-0.1, -0.05) is 12.1 Å². The van der Waals surface area contributed by atoms with Gasteiger partial charge >= 0.3 is 5.97 Å². The molecule has 0 fully saturated rings. The number of amides is 1. The van der Waals surface area contributed by atoms with Gasteiger partial charge in [0.15, 0.2) is 17.1 Å². The smallest absolute Gasteiger partial charge is 0.341 e. The van der Waals surface area contributed by atoms with E-state index in [2.05, 4.69) is 5.32 Å². The van der Waals surface area contributed by atoms with Crippen LogP contribution in [0.3, 0.4) is 0 Å². The normalized spacial score (nSPS) is 13.3. The summed E-state index contributed by atoms with van der Waals surface area (Å²) < 4.78 is 15.9. The van der Waals surface area contributed by atoms with Crippen molar-refractivity contribution in [3.05, 3.63) is 46.0 Å². The zero-order chi connectivity index (χ0) is 19.0. The van der Waals surface area contributed by atoms with E-state index >= 15 is 0 Å². The van der Waals surface area contributed by atoms with Gasteiger partial charge in [0, 0.05) is 10.3 Å². The van der Waals surface area contributed by atoms with E-state index in [4.69, 9.17) is 13.9 Å². The maximum Gasteiger partial charge on any atom is 0.341 e. The molecule has 3 aromatic rings. The summed E-state index contributed by atoms with van der Waals surface area (Å²) in [6.45, 7) is 0. The average Bonchev–Trinajstić information content (AvgIpc) is 3.28. The highest BCUT2D eigenvalue weighted by Crippen LogP contribution is 2.39. The van der Waals surface area contributed by atoms with Gasteiger partial charge in [0.2, 0.25) is 0 Å². The van der Waals surface area contributed by atoms with Crippen LogP contribution in [0.2, 0.25) is 0 Å². The van der Waals surface area contributed by atoms with Crippen LogP contribution in [0.15, 0.2) is 28.7 Å². The number of aryl methyl sites for hydroxylation is 1.